The predicted octanol–water partition coefficient (Wildman–Crippen LogP) is 2.70. The summed E-state index contributed by atoms with van der Waals surface area (Å²) in [4.78, 5) is 4.38. The van der Waals surface area contributed by atoms with Crippen molar-refractivity contribution in [3.05, 3.63) is 41.3 Å². The van der Waals surface area contributed by atoms with Crippen molar-refractivity contribution in [2.45, 2.75) is 19.9 Å². The predicted molar refractivity (Wildman–Crippen MR) is 59.0 cm³/mol. The Balaban J connectivity index is 2.73. The van der Waals surface area contributed by atoms with Crippen LogP contribution in [0.1, 0.15) is 24.2 Å². The molecule has 0 fully saturated rings. The lowest BCUT2D eigenvalue weighted by Gasteiger charge is -2.08. The Labute approximate surface area is 87.9 Å². The molecule has 1 heterocycles. The fourth-order valence-electron chi connectivity index (χ4n) is 1.63. The van der Waals surface area contributed by atoms with Gasteiger partial charge in [-0.25, -0.2) is 4.39 Å². The van der Waals surface area contributed by atoms with Crippen molar-refractivity contribution in [1.82, 2.24) is 4.98 Å². The molecule has 1 aromatic carbocycles. The molecular formula is C12H13FN2. The highest BCUT2D eigenvalue weighted by Crippen LogP contribution is 2.20. The fourth-order valence-corrected chi connectivity index (χ4v) is 1.63. The van der Waals surface area contributed by atoms with Crippen molar-refractivity contribution in [1.29, 1.82) is 0 Å². The van der Waals surface area contributed by atoms with Crippen molar-refractivity contribution in [2.24, 2.45) is 5.73 Å². The number of fused-ring (bicyclic) bond motifs is 1. The number of hydrogen-bond acceptors (Lipinski definition) is 2. The molecule has 2 aromatic rings. The zero-order valence-electron chi connectivity index (χ0n) is 8.79. The van der Waals surface area contributed by atoms with E-state index in [2.05, 4.69) is 4.98 Å². The van der Waals surface area contributed by atoms with Gasteiger partial charge in [-0.15, -0.1) is 0 Å². The van der Waals surface area contributed by atoms with E-state index in [0.29, 0.717) is 0 Å². The van der Waals surface area contributed by atoms with Gasteiger partial charge in [0.2, 0.25) is 0 Å². The maximum atomic E-state index is 13.0. The molecular weight excluding hydrogens is 191 g/mol. The van der Waals surface area contributed by atoms with Crippen LogP contribution in [-0.2, 0) is 0 Å². The molecule has 0 bridgehead atoms. The molecule has 3 heteroatoms. The molecule has 0 saturated heterocycles. The number of rotatable bonds is 1. The number of halogens is 1. The Hall–Kier alpha value is -1.48. The molecule has 0 aliphatic heterocycles. The second kappa shape index (κ2) is 3.59. The van der Waals surface area contributed by atoms with E-state index >= 15 is 0 Å². The minimum absolute atomic E-state index is 0.0989. The van der Waals surface area contributed by atoms with Gasteiger partial charge in [0.15, 0.2) is 0 Å². The van der Waals surface area contributed by atoms with Crippen LogP contribution in [0, 0.1) is 12.7 Å². The minimum atomic E-state index is -0.235. The molecule has 0 saturated carbocycles. The quantitative estimate of drug-likeness (QED) is 0.775. The minimum Gasteiger partial charge on any atom is -0.323 e. The van der Waals surface area contributed by atoms with Crippen molar-refractivity contribution >= 4 is 10.9 Å². The molecule has 1 unspecified atom stereocenters. The number of hydrogen-bond donors (Lipinski definition) is 1. The summed E-state index contributed by atoms with van der Waals surface area (Å²) >= 11 is 0. The van der Waals surface area contributed by atoms with E-state index < -0.39 is 0 Å². The summed E-state index contributed by atoms with van der Waals surface area (Å²) in [5, 5.41) is 0.847. The molecule has 1 atom stereocenters. The van der Waals surface area contributed by atoms with Crippen LogP contribution < -0.4 is 5.73 Å². The zero-order valence-corrected chi connectivity index (χ0v) is 8.79. The van der Waals surface area contributed by atoms with Gasteiger partial charge in [-0.2, -0.15) is 0 Å². The van der Waals surface area contributed by atoms with Crippen LogP contribution in [-0.4, -0.2) is 4.98 Å². The van der Waals surface area contributed by atoms with Crippen LogP contribution in [0.15, 0.2) is 24.3 Å². The first kappa shape index (κ1) is 10.1. The van der Waals surface area contributed by atoms with E-state index in [4.69, 9.17) is 5.73 Å². The zero-order chi connectivity index (χ0) is 11.0. The van der Waals surface area contributed by atoms with Gasteiger partial charge in [0.05, 0.1) is 11.2 Å². The number of nitrogens with two attached hydrogens (primary N) is 1. The van der Waals surface area contributed by atoms with Gasteiger partial charge in [0.25, 0.3) is 0 Å². The first-order chi connectivity index (χ1) is 7.08. The highest BCUT2D eigenvalue weighted by atomic mass is 19.1. The summed E-state index contributed by atoms with van der Waals surface area (Å²) in [5.74, 6) is -0.235. The summed E-state index contributed by atoms with van der Waals surface area (Å²) in [6, 6.07) is 6.41. The maximum absolute atomic E-state index is 13.0. The van der Waals surface area contributed by atoms with Crippen molar-refractivity contribution in [3.8, 4) is 0 Å². The molecule has 0 spiro atoms. The van der Waals surface area contributed by atoms with Crippen LogP contribution in [0.4, 0.5) is 4.39 Å². The average molecular weight is 204 g/mol. The van der Waals surface area contributed by atoms with E-state index in [-0.39, 0.29) is 11.9 Å². The monoisotopic (exact) mass is 204 g/mol. The molecule has 0 aliphatic rings. The Kier molecular flexibility index (Phi) is 2.40. The average Bonchev–Trinajstić information content (AvgIpc) is 2.18. The van der Waals surface area contributed by atoms with Crippen LogP contribution in [0.25, 0.3) is 10.9 Å². The fraction of sp³-hybridized carbons (Fsp3) is 0.250. The molecule has 2 nitrogen and oxygen atoms in total. The normalized spacial score (nSPS) is 13.1. The van der Waals surface area contributed by atoms with Gasteiger partial charge in [-0.3, -0.25) is 4.98 Å². The second-order valence-corrected chi connectivity index (χ2v) is 3.81. The van der Waals surface area contributed by atoms with Crippen molar-refractivity contribution in [3.63, 3.8) is 0 Å². The van der Waals surface area contributed by atoms with Gasteiger partial charge in [0, 0.05) is 11.4 Å². The largest absolute Gasteiger partial charge is 0.323 e. The van der Waals surface area contributed by atoms with Gasteiger partial charge >= 0.3 is 0 Å². The first-order valence-corrected chi connectivity index (χ1v) is 4.90. The SMILES string of the molecule is Cc1cc(C(C)N)nc2ccc(F)cc12. The lowest BCUT2D eigenvalue weighted by atomic mass is 10.1. The standard InChI is InChI=1S/C12H13FN2/c1-7-5-12(8(2)14)15-11-4-3-9(13)6-10(7)11/h3-6,8H,14H2,1-2H3. The number of benzene rings is 1. The molecule has 2 N–H and O–H groups in total. The third kappa shape index (κ3) is 1.83. The third-order valence-electron chi connectivity index (χ3n) is 2.46. The molecule has 0 radical (unpaired) electrons. The number of pyridine rings is 1. The third-order valence-corrected chi connectivity index (χ3v) is 2.46. The molecule has 1 aromatic heterocycles. The molecule has 0 amide bonds. The highest BCUT2D eigenvalue weighted by Gasteiger charge is 2.06. The van der Waals surface area contributed by atoms with E-state index in [1.165, 1.54) is 12.1 Å². The molecule has 15 heavy (non-hydrogen) atoms. The highest BCUT2D eigenvalue weighted by molar-refractivity contribution is 5.82. The van der Waals surface area contributed by atoms with Gasteiger partial charge in [0.1, 0.15) is 5.82 Å². The Morgan fingerprint density at radius 2 is 2.07 bits per heavy atom. The maximum Gasteiger partial charge on any atom is 0.123 e. The Morgan fingerprint density at radius 1 is 1.33 bits per heavy atom. The lowest BCUT2D eigenvalue weighted by molar-refractivity contribution is 0.629. The smallest absolute Gasteiger partial charge is 0.123 e. The summed E-state index contributed by atoms with van der Waals surface area (Å²) in [5.41, 5.74) is 8.41. The molecule has 2 rings (SSSR count). The summed E-state index contributed by atoms with van der Waals surface area (Å²) in [6.45, 7) is 3.83. The lowest BCUT2D eigenvalue weighted by Crippen LogP contribution is -2.07. The van der Waals surface area contributed by atoms with E-state index in [1.54, 1.807) is 6.07 Å². The van der Waals surface area contributed by atoms with Crippen molar-refractivity contribution in [2.75, 3.05) is 0 Å². The van der Waals surface area contributed by atoms with Gasteiger partial charge < -0.3 is 5.73 Å². The molecule has 0 aliphatic carbocycles. The van der Waals surface area contributed by atoms with Gasteiger partial charge in [-0.05, 0) is 43.7 Å². The number of nitrogens with zero attached hydrogens (tertiary/aromatic N) is 1. The first-order valence-electron chi connectivity index (χ1n) is 4.90. The van der Waals surface area contributed by atoms with Crippen LogP contribution in [0.5, 0.6) is 0 Å². The summed E-state index contributed by atoms with van der Waals surface area (Å²) in [6.07, 6.45) is 0. The van der Waals surface area contributed by atoms with Crippen LogP contribution in [0.3, 0.4) is 0 Å². The summed E-state index contributed by atoms with van der Waals surface area (Å²) < 4.78 is 13.0. The van der Waals surface area contributed by atoms with E-state index in [1.807, 2.05) is 19.9 Å². The molecule has 78 valence electrons. The number of aryl methyl sites for hydroxylation is 1. The summed E-state index contributed by atoms with van der Waals surface area (Å²) in [7, 11) is 0. The Bertz CT molecular complexity index is 506. The van der Waals surface area contributed by atoms with E-state index in [0.717, 1.165) is 22.2 Å². The van der Waals surface area contributed by atoms with Crippen LogP contribution >= 0.6 is 0 Å². The van der Waals surface area contributed by atoms with Crippen molar-refractivity contribution < 1.29 is 4.39 Å². The van der Waals surface area contributed by atoms with Crippen LogP contribution in [0.2, 0.25) is 0 Å². The second-order valence-electron chi connectivity index (χ2n) is 3.81. The Morgan fingerprint density at radius 3 is 2.73 bits per heavy atom. The number of aromatic nitrogens is 1. The topological polar surface area (TPSA) is 38.9 Å². The van der Waals surface area contributed by atoms with E-state index in [9.17, 15) is 4.39 Å². The van der Waals surface area contributed by atoms with Gasteiger partial charge in [-0.1, -0.05) is 0 Å².